The van der Waals surface area contributed by atoms with E-state index in [4.69, 9.17) is 4.74 Å². The first-order chi connectivity index (χ1) is 10.1. The number of rotatable bonds is 5. The molecule has 0 atom stereocenters. The first-order valence-electron chi connectivity index (χ1n) is 6.87. The van der Waals surface area contributed by atoms with E-state index in [1.807, 2.05) is 13.0 Å². The highest BCUT2D eigenvalue weighted by Crippen LogP contribution is 2.27. The SMILES string of the molecule is Cc1cc(NCC2(CO)COC2)nn1-c1ccc(F)cc1. The highest BCUT2D eigenvalue weighted by molar-refractivity contribution is 5.41. The van der Waals surface area contributed by atoms with Gasteiger partial charge >= 0.3 is 0 Å². The molecule has 1 aromatic carbocycles. The fraction of sp³-hybridized carbons (Fsp3) is 0.400. The Hall–Kier alpha value is -1.92. The van der Waals surface area contributed by atoms with Gasteiger partial charge in [0.2, 0.25) is 0 Å². The second-order valence-electron chi connectivity index (χ2n) is 5.56. The monoisotopic (exact) mass is 291 g/mol. The molecule has 1 fully saturated rings. The lowest BCUT2D eigenvalue weighted by Crippen LogP contribution is -2.50. The first-order valence-corrected chi connectivity index (χ1v) is 6.87. The van der Waals surface area contributed by atoms with Crippen LogP contribution in [0.25, 0.3) is 5.69 Å². The van der Waals surface area contributed by atoms with Crippen molar-refractivity contribution in [3.63, 3.8) is 0 Å². The molecule has 1 aromatic heterocycles. The van der Waals surface area contributed by atoms with E-state index in [0.29, 0.717) is 19.8 Å². The Morgan fingerprint density at radius 3 is 2.67 bits per heavy atom. The van der Waals surface area contributed by atoms with Crippen molar-refractivity contribution in [3.05, 3.63) is 41.8 Å². The first kappa shape index (κ1) is 14.0. The van der Waals surface area contributed by atoms with Crippen molar-refractivity contribution in [1.82, 2.24) is 9.78 Å². The molecule has 0 saturated carbocycles. The average Bonchev–Trinajstić information content (AvgIpc) is 2.80. The number of hydrogen-bond acceptors (Lipinski definition) is 4. The second kappa shape index (κ2) is 5.46. The molecular weight excluding hydrogens is 273 g/mol. The molecule has 5 nitrogen and oxygen atoms in total. The van der Waals surface area contributed by atoms with Crippen LogP contribution in [0, 0.1) is 18.2 Å². The molecule has 3 rings (SSSR count). The summed E-state index contributed by atoms with van der Waals surface area (Å²) < 4.78 is 19.9. The molecule has 2 aromatic rings. The smallest absolute Gasteiger partial charge is 0.148 e. The maximum atomic E-state index is 13.0. The highest BCUT2D eigenvalue weighted by atomic mass is 19.1. The number of hydrogen-bond donors (Lipinski definition) is 2. The Kier molecular flexibility index (Phi) is 3.65. The lowest BCUT2D eigenvalue weighted by atomic mass is 9.87. The van der Waals surface area contributed by atoms with Crippen LogP contribution in [0.5, 0.6) is 0 Å². The number of halogens is 1. The maximum absolute atomic E-state index is 13.0. The van der Waals surface area contributed by atoms with Crippen molar-refractivity contribution in [2.75, 3.05) is 31.7 Å². The molecule has 1 aliphatic heterocycles. The normalized spacial score (nSPS) is 16.5. The minimum Gasteiger partial charge on any atom is -0.396 e. The molecule has 1 saturated heterocycles. The van der Waals surface area contributed by atoms with Crippen LogP contribution in [0.15, 0.2) is 30.3 Å². The third-order valence-corrected chi connectivity index (χ3v) is 3.76. The summed E-state index contributed by atoms with van der Waals surface area (Å²) in [6.07, 6.45) is 0. The Morgan fingerprint density at radius 1 is 1.38 bits per heavy atom. The summed E-state index contributed by atoms with van der Waals surface area (Å²) in [5.41, 5.74) is 1.56. The predicted octanol–water partition coefficient (Wildman–Crippen LogP) is 1.74. The van der Waals surface area contributed by atoms with Gasteiger partial charge in [-0.2, -0.15) is 5.10 Å². The maximum Gasteiger partial charge on any atom is 0.148 e. The van der Waals surface area contributed by atoms with Crippen molar-refractivity contribution in [2.45, 2.75) is 6.92 Å². The van der Waals surface area contributed by atoms with Gasteiger partial charge in [0.15, 0.2) is 0 Å². The number of aliphatic hydroxyl groups is 1. The third-order valence-electron chi connectivity index (χ3n) is 3.76. The van der Waals surface area contributed by atoms with E-state index in [9.17, 15) is 9.50 Å². The van der Waals surface area contributed by atoms with Crippen molar-refractivity contribution in [1.29, 1.82) is 0 Å². The average molecular weight is 291 g/mol. The minimum absolute atomic E-state index is 0.0949. The van der Waals surface area contributed by atoms with Gasteiger partial charge < -0.3 is 15.2 Å². The lowest BCUT2D eigenvalue weighted by molar-refractivity contribution is -0.128. The number of aromatic nitrogens is 2. The van der Waals surface area contributed by atoms with Crippen LogP contribution in [0.3, 0.4) is 0 Å². The van der Waals surface area contributed by atoms with Crippen molar-refractivity contribution >= 4 is 5.82 Å². The zero-order valence-electron chi connectivity index (χ0n) is 11.8. The van der Waals surface area contributed by atoms with E-state index < -0.39 is 0 Å². The van der Waals surface area contributed by atoms with Crippen LogP contribution in [0.2, 0.25) is 0 Å². The van der Waals surface area contributed by atoms with Crippen LogP contribution in [-0.4, -0.2) is 41.3 Å². The fourth-order valence-electron chi connectivity index (χ4n) is 2.32. The molecule has 21 heavy (non-hydrogen) atoms. The van der Waals surface area contributed by atoms with Gasteiger partial charge in [-0.05, 0) is 31.2 Å². The standard InChI is InChI=1S/C15H18FN3O2/c1-11-6-14(17-7-15(8-20)9-21-10-15)18-19(11)13-4-2-12(16)3-5-13/h2-6,20H,7-10H2,1H3,(H,17,18). The molecule has 0 aliphatic carbocycles. The molecule has 112 valence electrons. The van der Waals surface area contributed by atoms with Crippen molar-refractivity contribution in [3.8, 4) is 5.69 Å². The van der Waals surface area contributed by atoms with Gasteiger partial charge in [-0.1, -0.05) is 0 Å². The number of nitrogens with zero attached hydrogens (tertiary/aromatic N) is 2. The van der Waals surface area contributed by atoms with Gasteiger partial charge in [-0.3, -0.25) is 0 Å². The van der Waals surface area contributed by atoms with E-state index in [-0.39, 0.29) is 17.8 Å². The predicted molar refractivity (Wildman–Crippen MR) is 77.1 cm³/mol. The largest absolute Gasteiger partial charge is 0.396 e. The zero-order valence-corrected chi connectivity index (χ0v) is 11.8. The summed E-state index contributed by atoms with van der Waals surface area (Å²) in [4.78, 5) is 0. The van der Waals surface area contributed by atoms with Gasteiger partial charge in [0.05, 0.1) is 30.9 Å². The molecular formula is C15H18FN3O2. The van der Waals surface area contributed by atoms with E-state index in [1.165, 1.54) is 12.1 Å². The number of anilines is 1. The molecule has 0 unspecified atom stereocenters. The Labute approximate surface area is 122 Å². The minimum atomic E-state index is -0.267. The molecule has 0 radical (unpaired) electrons. The summed E-state index contributed by atoms with van der Waals surface area (Å²) in [5, 5.41) is 17.1. The number of nitrogens with one attached hydrogen (secondary N) is 1. The molecule has 0 bridgehead atoms. The molecule has 2 N–H and O–H groups in total. The fourth-order valence-corrected chi connectivity index (χ4v) is 2.32. The van der Waals surface area contributed by atoms with Crippen LogP contribution in [0.4, 0.5) is 10.2 Å². The van der Waals surface area contributed by atoms with Crippen molar-refractivity contribution < 1.29 is 14.2 Å². The quantitative estimate of drug-likeness (QED) is 0.881. The Bertz CT molecular complexity index is 615. The highest BCUT2D eigenvalue weighted by Gasteiger charge is 2.38. The second-order valence-corrected chi connectivity index (χ2v) is 5.56. The lowest BCUT2D eigenvalue weighted by Gasteiger charge is -2.39. The molecule has 1 aliphatic rings. The van der Waals surface area contributed by atoms with E-state index in [1.54, 1.807) is 16.8 Å². The third kappa shape index (κ3) is 2.77. The number of aryl methyl sites for hydroxylation is 1. The van der Waals surface area contributed by atoms with Crippen LogP contribution < -0.4 is 5.32 Å². The molecule has 2 heterocycles. The summed E-state index contributed by atoms with van der Waals surface area (Å²) in [5.74, 6) is 0.466. The Balaban J connectivity index is 1.73. The van der Waals surface area contributed by atoms with E-state index in [0.717, 1.165) is 17.2 Å². The van der Waals surface area contributed by atoms with Gasteiger partial charge in [-0.25, -0.2) is 9.07 Å². The molecule has 0 spiro atoms. The summed E-state index contributed by atoms with van der Waals surface area (Å²) in [7, 11) is 0. The van der Waals surface area contributed by atoms with Crippen LogP contribution in [0.1, 0.15) is 5.69 Å². The van der Waals surface area contributed by atoms with Crippen LogP contribution in [-0.2, 0) is 4.74 Å². The van der Waals surface area contributed by atoms with Gasteiger partial charge in [-0.15, -0.1) is 0 Å². The Morgan fingerprint density at radius 2 is 2.10 bits per heavy atom. The van der Waals surface area contributed by atoms with Gasteiger partial charge in [0.25, 0.3) is 0 Å². The number of ether oxygens (including phenoxy) is 1. The number of aliphatic hydroxyl groups excluding tert-OH is 1. The summed E-state index contributed by atoms with van der Waals surface area (Å²) in [6.45, 7) is 3.78. The summed E-state index contributed by atoms with van der Waals surface area (Å²) in [6, 6.07) is 8.13. The summed E-state index contributed by atoms with van der Waals surface area (Å²) >= 11 is 0. The van der Waals surface area contributed by atoms with Gasteiger partial charge in [0, 0.05) is 18.3 Å². The van der Waals surface area contributed by atoms with Gasteiger partial charge in [0.1, 0.15) is 11.6 Å². The zero-order chi connectivity index (χ0) is 14.9. The number of benzene rings is 1. The van der Waals surface area contributed by atoms with Crippen molar-refractivity contribution in [2.24, 2.45) is 5.41 Å². The topological polar surface area (TPSA) is 59.3 Å². The van der Waals surface area contributed by atoms with Crippen LogP contribution >= 0.6 is 0 Å². The van der Waals surface area contributed by atoms with E-state index in [2.05, 4.69) is 10.4 Å². The molecule has 6 heteroatoms. The van der Waals surface area contributed by atoms with E-state index >= 15 is 0 Å². The molecule has 0 amide bonds.